The summed E-state index contributed by atoms with van der Waals surface area (Å²) < 4.78 is 13.6. The number of hydrogen-bond donors (Lipinski definition) is 1. The zero-order valence-electron chi connectivity index (χ0n) is 10.4. The second-order valence-corrected chi connectivity index (χ2v) is 4.83. The Hall–Kier alpha value is -1.69. The largest absolute Gasteiger partial charge is 0.357 e. The highest BCUT2D eigenvalue weighted by molar-refractivity contribution is 7.99. The maximum absolute atomic E-state index is 13.6. The lowest BCUT2D eigenvalue weighted by molar-refractivity contribution is 0.580. The Morgan fingerprint density at radius 3 is 2.67 bits per heavy atom. The van der Waals surface area contributed by atoms with E-state index in [0.29, 0.717) is 5.95 Å². The van der Waals surface area contributed by atoms with Gasteiger partial charge in [0.15, 0.2) is 5.82 Å². The minimum atomic E-state index is -0.444. The number of nitrogens with one attached hydrogen (secondary N) is 1. The van der Waals surface area contributed by atoms with Gasteiger partial charge in [-0.15, -0.1) is 0 Å². The molecule has 2 rings (SSSR count). The van der Waals surface area contributed by atoms with Crippen molar-refractivity contribution in [2.24, 2.45) is 0 Å². The Morgan fingerprint density at radius 2 is 2.00 bits per heavy atom. The number of nitrogens with zero attached hydrogens (tertiary/aromatic N) is 3. The lowest BCUT2D eigenvalue weighted by Gasteiger charge is -2.05. The van der Waals surface area contributed by atoms with Gasteiger partial charge >= 0.3 is 0 Å². The molecule has 2 aromatic heterocycles. The molecule has 2 heterocycles. The molecule has 0 unspecified atom stereocenters. The summed E-state index contributed by atoms with van der Waals surface area (Å²) in [5.41, 5.74) is 1.99. The van der Waals surface area contributed by atoms with Crippen molar-refractivity contribution in [2.75, 3.05) is 12.4 Å². The third kappa shape index (κ3) is 2.95. The number of pyridine rings is 1. The molecule has 0 aliphatic heterocycles. The molecule has 94 valence electrons. The fraction of sp³-hybridized carbons (Fsp3) is 0.250. The number of aryl methyl sites for hydroxylation is 2. The van der Waals surface area contributed by atoms with Crippen LogP contribution < -0.4 is 5.32 Å². The van der Waals surface area contributed by atoms with Gasteiger partial charge in [0.1, 0.15) is 10.1 Å². The van der Waals surface area contributed by atoms with Crippen molar-refractivity contribution in [1.82, 2.24) is 15.0 Å². The van der Waals surface area contributed by atoms with Gasteiger partial charge in [-0.2, -0.15) is 0 Å². The van der Waals surface area contributed by atoms with E-state index in [1.54, 1.807) is 7.05 Å². The molecule has 0 aromatic carbocycles. The molecule has 0 saturated heterocycles. The van der Waals surface area contributed by atoms with Gasteiger partial charge in [0.2, 0.25) is 5.95 Å². The van der Waals surface area contributed by atoms with Crippen LogP contribution in [0.25, 0.3) is 0 Å². The highest BCUT2D eigenvalue weighted by Crippen LogP contribution is 2.27. The van der Waals surface area contributed by atoms with Crippen LogP contribution in [0.1, 0.15) is 11.3 Å². The van der Waals surface area contributed by atoms with Crippen molar-refractivity contribution in [3.8, 4) is 0 Å². The Labute approximate surface area is 109 Å². The average molecular weight is 264 g/mol. The van der Waals surface area contributed by atoms with Crippen molar-refractivity contribution in [2.45, 2.75) is 23.9 Å². The zero-order valence-corrected chi connectivity index (χ0v) is 11.2. The van der Waals surface area contributed by atoms with Crippen molar-refractivity contribution in [3.05, 3.63) is 35.4 Å². The predicted molar refractivity (Wildman–Crippen MR) is 69.4 cm³/mol. The second kappa shape index (κ2) is 5.30. The molecule has 0 radical (unpaired) electrons. The zero-order chi connectivity index (χ0) is 13.1. The molecule has 2 aromatic rings. The van der Waals surface area contributed by atoms with Gasteiger partial charge in [0.25, 0.3) is 0 Å². The molecule has 4 nitrogen and oxygen atoms in total. The van der Waals surface area contributed by atoms with Crippen LogP contribution in [0, 0.1) is 19.7 Å². The third-order valence-corrected chi connectivity index (χ3v) is 3.11. The van der Waals surface area contributed by atoms with Gasteiger partial charge < -0.3 is 5.32 Å². The first kappa shape index (κ1) is 12.8. The van der Waals surface area contributed by atoms with Crippen LogP contribution in [0.4, 0.5) is 10.3 Å². The third-order valence-electron chi connectivity index (χ3n) is 2.21. The van der Waals surface area contributed by atoms with Crippen molar-refractivity contribution in [3.63, 3.8) is 0 Å². The smallest absolute Gasteiger partial charge is 0.223 e. The van der Waals surface area contributed by atoms with E-state index in [-0.39, 0.29) is 5.03 Å². The van der Waals surface area contributed by atoms with Gasteiger partial charge in [-0.1, -0.05) is 0 Å². The number of hydrogen-bond acceptors (Lipinski definition) is 5. The van der Waals surface area contributed by atoms with Crippen molar-refractivity contribution >= 4 is 17.7 Å². The van der Waals surface area contributed by atoms with E-state index in [9.17, 15) is 4.39 Å². The van der Waals surface area contributed by atoms with Gasteiger partial charge in [-0.3, -0.25) is 0 Å². The minimum Gasteiger partial charge on any atom is -0.357 e. The summed E-state index contributed by atoms with van der Waals surface area (Å²) in [4.78, 5) is 12.2. The van der Waals surface area contributed by atoms with E-state index in [4.69, 9.17) is 0 Å². The lowest BCUT2D eigenvalue weighted by Crippen LogP contribution is -1.99. The number of halogens is 1. The Balaban J connectivity index is 2.33. The standard InChI is InChI=1S/C12H13FN4S/c1-7-4-8(2)16-10(5-7)18-11-9(13)6-15-12(14-3)17-11/h4-6H,1-3H3,(H,14,15,17). The van der Waals surface area contributed by atoms with E-state index in [1.165, 1.54) is 11.8 Å². The van der Waals surface area contributed by atoms with Crippen LogP contribution in [0.2, 0.25) is 0 Å². The molecule has 1 N–H and O–H groups in total. The molecule has 0 aliphatic rings. The van der Waals surface area contributed by atoms with Crippen LogP contribution in [-0.2, 0) is 0 Å². The van der Waals surface area contributed by atoms with E-state index in [1.807, 2.05) is 26.0 Å². The SMILES string of the molecule is CNc1ncc(F)c(Sc2cc(C)cc(C)n2)n1. The summed E-state index contributed by atoms with van der Waals surface area (Å²) in [6.07, 6.45) is 1.16. The molecule has 6 heteroatoms. The molecule has 0 saturated carbocycles. The van der Waals surface area contributed by atoms with Gasteiger partial charge in [-0.05, 0) is 43.3 Å². The topological polar surface area (TPSA) is 50.7 Å². The maximum atomic E-state index is 13.6. The predicted octanol–water partition coefficient (Wildman–Crippen LogP) is 2.82. The van der Waals surface area contributed by atoms with E-state index >= 15 is 0 Å². The molecule has 18 heavy (non-hydrogen) atoms. The Bertz CT molecular complexity index is 554. The first-order chi connectivity index (χ1) is 8.58. The number of rotatable bonds is 3. The highest BCUT2D eigenvalue weighted by atomic mass is 32.2. The summed E-state index contributed by atoms with van der Waals surface area (Å²) in [6, 6.07) is 3.87. The van der Waals surface area contributed by atoms with Crippen LogP contribution in [-0.4, -0.2) is 22.0 Å². The fourth-order valence-corrected chi connectivity index (χ4v) is 2.41. The summed E-state index contributed by atoms with van der Waals surface area (Å²) in [5, 5.41) is 3.78. The summed E-state index contributed by atoms with van der Waals surface area (Å²) in [6.45, 7) is 3.89. The first-order valence-corrected chi connectivity index (χ1v) is 6.23. The van der Waals surface area contributed by atoms with Crippen molar-refractivity contribution < 1.29 is 4.39 Å². The van der Waals surface area contributed by atoms with Crippen LogP contribution in [0.5, 0.6) is 0 Å². The lowest BCUT2D eigenvalue weighted by atomic mass is 10.3. The van der Waals surface area contributed by atoms with E-state index < -0.39 is 5.82 Å². The average Bonchev–Trinajstić information content (AvgIpc) is 2.30. The molecular formula is C12H13FN4S. The normalized spacial score (nSPS) is 10.4. The Morgan fingerprint density at radius 1 is 1.22 bits per heavy atom. The quantitative estimate of drug-likeness (QED) is 0.864. The van der Waals surface area contributed by atoms with E-state index in [0.717, 1.165) is 22.5 Å². The molecule has 0 bridgehead atoms. The van der Waals surface area contributed by atoms with Gasteiger partial charge in [0, 0.05) is 12.7 Å². The molecule has 0 amide bonds. The van der Waals surface area contributed by atoms with Crippen LogP contribution in [0.15, 0.2) is 28.4 Å². The molecule has 0 spiro atoms. The second-order valence-electron chi connectivity index (χ2n) is 3.82. The number of anilines is 1. The molecule has 0 atom stereocenters. The fourth-order valence-electron chi connectivity index (χ4n) is 1.50. The van der Waals surface area contributed by atoms with Gasteiger partial charge in [-0.25, -0.2) is 19.3 Å². The highest BCUT2D eigenvalue weighted by Gasteiger charge is 2.09. The Kier molecular flexibility index (Phi) is 3.76. The van der Waals surface area contributed by atoms with E-state index in [2.05, 4.69) is 20.3 Å². The summed E-state index contributed by atoms with van der Waals surface area (Å²) >= 11 is 1.19. The minimum absolute atomic E-state index is 0.270. The van der Waals surface area contributed by atoms with Crippen LogP contribution >= 0.6 is 11.8 Å². The first-order valence-electron chi connectivity index (χ1n) is 5.42. The molecule has 0 fully saturated rings. The van der Waals surface area contributed by atoms with Gasteiger partial charge in [0.05, 0.1) is 6.20 Å². The summed E-state index contributed by atoms with van der Waals surface area (Å²) in [7, 11) is 1.69. The molecule has 0 aliphatic carbocycles. The van der Waals surface area contributed by atoms with Crippen LogP contribution in [0.3, 0.4) is 0 Å². The number of aromatic nitrogens is 3. The summed E-state index contributed by atoms with van der Waals surface area (Å²) in [5.74, 6) is -0.0526. The maximum Gasteiger partial charge on any atom is 0.223 e. The monoisotopic (exact) mass is 264 g/mol. The van der Waals surface area contributed by atoms with Crippen molar-refractivity contribution in [1.29, 1.82) is 0 Å². The molecular weight excluding hydrogens is 251 g/mol.